The molecule has 98 valence electrons. The zero-order chi connectivity index (χ0) is 13.7. The van der Waals surface area contributed by atoms with Crippen molar-refractivity contribution in [3.63, 3.8) is 0 Å². The Hall–Kier alpha value is -1.86. The second kappa shape index (κ2) is 4.32. The molecule has 0 bridgehead atoms. The van der Waals surface area contributed by atoms with Gasteiger partial charge in [0.05, 0.1) is 0 Å². The molecule has 0 aliphatic rings. The lowest BCUT2D eigenvalue weighted by atomic mass is 9.99. The van der Waals surface area contributed by atoms with E-state index in [9.17, 15) is 0 Å². The summed E-state index contributed by atoms with van der Waals surface area (Å²) in [6.07, 6.45) is 0. The largest absolute Gasteiger partial charge is 0.135 e. The Morgan fingerprint density at radius 3 is 2.45 bits per heavy atom. The Balaban J connectivity index is 2.26. The number of rotatable bonds is 1. The van der Waals surface area contributed by atoms with Gasteiger partial charge in [0.2, 0.25) is 0 Å². The lowest BCUT2D eigenvalue weighted by molar-refractivity contribution is 0.878. The van der Waals surface area contributed by atoms with E-state index in [0.29, 0.717) is 5.92 Å². The Labute approximate surface area is 122 Å². The first kappa shape index (κ1) is 11.9. The fraction of sp³-hybridized carbons (Fsp3) is 0.158. The molecule has 0 aliphatic heterocycles. The van der Waals surface area contributed by atoms with E-state index >= 15 is 0 Å². The van der Waals surface area contributed by atoms with Gasteiger partial charge in [-0.3, -0.25) is 0 Å². The second-order valence-corrected chi connectivity index (χ2v) is 6.69. The molecule has 0 radical (unpaired) electrons. The van der Waals surface area contributed by atoms with Crippen molar-refractivity contribution in [2.24, 2.45) is 0 Å². The van der Waals surface area contributed by atoms with Gasteiger partial charge in [0, 0.05) is 20.2 Å². The zero-order valence-electron chi connectivity index (χ0n) is 11.7. The van der Waals surface area contributed by atoms with Crippen LogP contribution in [0, 0.1) is 0 Å². The molecule has 0 nitrogen and oxygen atoms in total. The van der Waals surface area contributed by atoms with E-state index < -0.39 is 0 Å². The first-order chi connectivity index (χ1) is 9.75. The highest BCUT2D eigenvalue weighted by atomic mass is 32.1. The van der Waals surface area contributed by atoms with Crippen molar-refractivity contribution in [3.05, 3.63) is 60.2 Å². The van der Waals surface area contributed by atoms with Crippen LogP contribution in [-0.2, 0) is 0 Å². The molecule has 4 aromatic rings. The summed E-state index contributed by atoms with van der Waals surface area (Å²) in [5, 5.41) is 5.53. The second-order valence-electron chi connectivity index (χ2n) is 5.64. The van der Waals surface area contributed by atoms with Gasteiger partial charge >= 0.3 is 0 Å². The van der Waals surface area contributed by atoms with Crippen LogP contribution < -0.4 is 0 Å². The smallest absolute Gasteiger partial charge is 0.0390 e. The van der Waals surface area contributed by atoms with Gasteiger partial charge < -0.3 is 0 Å². The van der Waals surface area contributed by atoms with E-state index in [0.717, 1.165) is 0 Å². The summed E-state index contributed by atoms with van der Waals surface area (Å²) in [6.45, 7) is 4.55. The third-order valence-corrected chi connectivity index (χ3v) is 5.26. The van der Waals surface area contributed by atoms with Crippen molar-refractivity contribution < 1.29 is 0 Å². The molecule has 0 fully saturated rings. The van der Waals surface area contributed by atoms with Crippen LogP contribution in [0.25, 0.3) is 30.9 Å². The van der Waals surface area contributed by atoms with Gasteiger partial charge in [-0.1, -0.05) is 62.4 Å². The maximum Gasteiger partial charge on any atom is 0.0390 e. The van der Waals surface area contributed by atoms with Crippen LogP contribution in [-0.4, -0.2) is 0 Å². The van der Waals surface area contributed by atoms with Crippen LogP contribution in [0.5, 0.6) is 0 Å². The highest BCUT2D eigenvalue weighted by Crippen LogP contribution is 2.41. The van der Waals surface area contributed by atoms with Gasteiger partial charge in [0.15, 0.2) is 0 Å². The number of benzene rings is 3. The highest BCUT2D eigenvalue weighted by Gasteiger charge is 2.12. The Morgan fingerprint density at radius 1 is 0.800 bits per heavy atom. The monoisotopic (exact) mass is 276 g/mol. The number of hydrogen-bond donors (Lipinski definition) is 0. The Kier molecular flexibility index (Phi) is 2.58. The molecule has 1 heteroatoms. The molecule has 0 saturated carbocycles. The van der Waals surface area contributed by atoms with Gasteiger partial charge in [-0.15, -0.1) is 11.3 Å². The van der Waals surface area contributed by atoms with E-state index in [2.05, 4.69) is 68.4 Å². The minimum absolute atomic E-state index is 0.568. The van der Waals surface area contributed by atoms with Gasteiger partial charge in [-0.25, -0.2) is 0 Å². The summed E-state index contributed by atoms with van der Waals surface area (Å²) in [5.74, 6) is 0.568. The number of fused-ring (bicyclic) bond motifs is 5. The van der Waals surface area contributed by atoms with Crippen LogP contribution in [0.4, 0.5) is 0 Å². The average molecular weight is 276 g/mol. The van der Waals surface area contributed by atoms with Gasteiger partial charge in [0.25, 0.3) is 0 Å². The third kappa shape index (κ3) is 1.60. The van der Waals surface area contributed by atoms with Crippen molar-refractivity contribution in [2.45, 2.75) is 19.8 Å². The van der Waals surface area contributed by atoms with Crippen LogP contribution in [0.15, 0.2) is 54.6 Å². The predicted octanol–water partition coefficient (Wildman–Crippen LogP) is 6.33. The molecular weight excluding hydrogens is 260 g/mol. The molecule has 0 saturated heterocycles. The molecule has 3 aromatic carbocycles. The average Bonchev–Trinajstić information content (AvgIpc) is 2.85. The van der Waals surface area contributed by atoms with Crippen molar-refractivity contribution >= 4 is 42.3 Å². The molecule has 0 N–H and O–H groups in total. The Bertz CT molecular complexity index is 928. The summed E-state index contributed by atoms with van der Waals surface area (Å²) in [4.78, 5) is 0. The SMILES string of the molecule is CC(C)c1cccc2c1sc1ccc3ccccc3c12. The minimum atomic E-state index is 0.568. The summed E-state index contributed by atoms with van der Waals surface area (Å²) >= 11 is 1.93. The number of thiophene rings is 1. The molecule has 0 atom stereocenters. The normalized spacial score (nSPS) is 11.9. The molecule has 20 heavy (non-hydrogen) atoms. The molecule has 0 spiro atoms. The zero-order valence-corrected chi connectivity index (χ0v) is 12.5. The predicted molar refractivity (Wildman–Crippen MR) is 90.9 cm³/mol. The standard InChI is InChI=1S/C19H16S/c1-12(2)14-8-5-9-16-18-15-7-4-3-6-13(15)10-11-17(18)20-19(14)16/h3-12H,1-2H3. The fourth-order valence-electron chi connectivity index (χ4n) is 3.04. The lowest BCUT2D eigenvalue weighted by Gasteiger charge is -2.06. The number of hydrogen-bond acceptors (Lipinski definition) is 1. The van der Waals surface area contributed by atoms with Crippen molar-refractivity contribution in [1.29, 1.82) is 0 Å². The fourth-order valence-corrected chi connectivity index (χ4v) is 4.42. The lowest BCUT2D eigenvalue weighted by Crippen LogP contribution is -1.85. The van der Waals surface area contributed by atoms with Crippen molar-refractivity contribution in [3.8, 4) is 0 Å². The molecule has 0 aliphatic carbocycles. The third-order valence-electron chi connectivity index (χ3n) is 4.04. The summed E-state index contributed by atoms with van der Waals surface area (Å²) in [5.41, 5.74) is 1.47. The summed E-state index contributed by atoms with van der Waals surface area (Å²) in [6, 6.07) is 19.9. The van der Waals surface area contributed by atoms with E-state index in [4.69, 9.17) is 0 Å². The molecule has 4 rings (SSSR count). The van der Waals surface area contributed by atoms with Gasteiger partial charge in [-0.2, -0.15) is 0 Å². The van der Waals surface area contributed by atoms with Gasteiger partial charge in [0.1, 0.15) is 0 Å². The molecule has 1 aromatic heterocycles. The van der Waals surface area contributed by atoms with Crippen LogP contribution in [0.2, 0.25) is 0 Å². The quantitative estimate of drug-likeness (QED) is 0.381. The summed E-state index contributed by atoms with van der Waals surface area (Å²) < 4.78 is 2.85. The van der Waals surface area contributed by atoms with Crippen molar-refractivity contribution in [2.75, 3.05) is 0 Å². The van der Waals surface area contributed by atoms with Gasteiger partial charge in [-0.05, 0) is 28.3 Å². The van der Waals surface area contributed by atoms with E-state index in [1.54, 1.807) is 0 Å². The summed E-state index contributed by atoms with van der Waals surface area (Å²) in [7, 11) is 0. The molecular formula is C19H16S. The first-order valence-electron chi connectivity index (χ1n) is 7.08. The topological polar surface area (TPSA) is 0 Å². The molecule has 0 amide bonds. The van der Waals surface area contributed by atoms with Crippen molar-refractivity contribution in [1.82, 2.24) is 0 Å². The van der Waals surface area contributed by atoms with Crippen LogP contribution in [0.3, 0.4) is 0 Å². The van der Waals surface area contributed by atoms with E-state index in [1.807, 2.05) is 11.3 Å². The molecule has 0 unspecified atom stereocenters. The maximum atomic E-state index is 2.28. The maximum absolute atomic E-state index is 2.28. The minimum Gasteiger partial charge on any atom is -0.135 e. The Morgan fingerprint density at radius 2 is 1.60 bits per heavy atom. The highest BCUT2D eigenvalue weighted by molar-refractivity contribution is 7.26. The van der Waals surface area contributed by atoms with E-state index in [1.165, 1.54) is 36.5 Å². The molecule has 1 heterocycles. The van der Waals surface area contributed by atoms with Crippen LogP contribution >= 0.6 is 11.3 Å². The van der Waals surface area contributed by atoms with E-state index in [-0.39, 0.29) is 0 Å². The van der Waals surface area contributed by atoms with Crippen LogP contribution in [0.1, 0.15) is 25.3 Å². The first-order valence-corrected chi connectivity index (χ1v) is 7.90.